The number of thiophene rings is 1. The molecule has 0 radical (unpaired) electrons. The molecule has 0 aliphatic rings. The molecule has 0 fully saturated rings. The zero-order chi connectivity index (χ0) is 14.4. The molecule has 0 bridgehead atoms. The maximum atomic E-state index is 11.9. The molecule has 2 rings (SSSR count). The predicted molar refractivity (Wildman–Crippen MR) is 76.2 cm³/mol. The number of nitrogens with zero attached hydrogens (tertiary/aromatic N) is 2. The summed E-state index contributed by atoms with van der Waals surface area (Å²) in [4.78, 5) is 21.0. The summed E-state index contributed by atoms with van der Waals surface area (Å²) in [6.07, 6.45) is 3.30. The number of aryl methyl sites for hydroxylation is 1. The Morgan fingerprint density at radius 1 is 1.45 bits per heavy atom. The van der Waals surface area contributed by atoms with E-state index in [1.807, 2.05) is 6.92 Å². The quantitative estimate of drug-likeness (QED) is 0.830. The molecular weight excluding hydrogens is 274 g/mol. The second kappa shape index (κ2) is 6.80. The first-order valence-corrected chi connectivity index (χ1v) is 6.81. The van der Waals surface area contributed by atoms with Crippen LogP contribution in [0.2, 0.25) is 0 Å². The van der Waals surface area contributed by atoms with E-state index in [0.717, 1.165) is 10.6 Å². The fraction of sp³-hybridized carbons (Fsp3) is 0.214. The molecule has 0 aliphatic heterocycles. The van der Waals surface area contributed by atoms with Crippen molar-refractivity contribution in [1.29, 1.82) is 0 Å². The van der Waals surface area contributed by atoms with Crippen LogP contribution in [0.3, 0.4) is 0 Å². The Kier molecular flexibility index (Phi) is 4.82. The molecule has 0 saturated carbocycles. The molecule has 0 spiro atoms. The van der Waals surface area contributed by atoms with Crippen molar-refractivity contribution in [2.45, 2.75) is 13.5 Å². The van der Waals surface area contributed by atoms with Gasteiger partial charge in [-0.15, -0.1) is 11.3 Å². The largest absolute Gasteiger partial charge is 0.384 e. The van der Waals surface area contributed by atoms with Gasteiger partial charge in [0.15, 0.2) is 0 Å². The molecule has 2 aromatic heterocycles. The van der Waals surface area contributed by atoms with Gasteiger partial charge in [-0.3, -0.25) is 14.8 Å². The molecule has 102 valence electrons. The second-order valence-corrected chi connectivity index (χ2v) is 4.90. The first-order chi connectivity index (χ1) is 9.69. The third kappa shape index (κ3) is 3.88. The minimum absolute atomic E-state index is 0.180. The third-order valence-corrected chi connectivity index (χ3v) is 3.26. The highest BCUT2D eigenvalue weighted by Gasteiger charge is 2.08. The number of aliphatic hydroxyl groups is 1. The Hall–Kier alpha value is -2.23. The van der Waals surface area contributed by atoms with Gasteiger partial charge >= 0.3 is 0 Å². The normalized spacial score (nSPS) is 9.70. The average molecular weight is 287 g/mol. The molecule has 1 amide bonds. The highest BCUT2D eigenvalue weighted by Crippen LogP contribution is 2.13. The van der Waals surface area contributed by atoms with E-state index in [4.69, 9.17) is 5.11 Å². The van der Waals surface area contributed by atoms with E-state index in [2.05, 4.69) is 27.1 Å². The molecule has 2 heterocycles. The van der Waals surface area contributed by atoms with Crippen LogP contribution >= 0.6 is 11.3 Å². The number of amides is 1. The summed E-state index contributed by atoms with van der Waals surface area (Å²) in [5, 5.41) is 13.1. The molecule has 2 N–H and O–H groups in total. The summed E-state index contributed by atoms with van der Waals surface area (Å²) in [6.45, 7) is 2.00. The van der Waals surface area contributed by atoms with Gasteiger partial charge in [-0.1, -0.05) is 11.8 Å². The van der Waals surface area contributed by atoms with E-state index in [-0.39, 0.29) is 12.5 Å². The van der Waals surface area contributed by atoms with Crippen molar-refractivity contribution in [2.24, 2.45) is 0 Å². The topological polar surface area (TPSA) is 75.1 Å². The van der Waals surface area contributed by atoms with Crippen LogP contribution in [-0.4, -0.2) is 27.6 Å². The lowest BCUT2D eigenvalue weighted by molar-refractivity contribution is 0.0951. The van der Waals surface area contributed by atoms with Gasteiger partial charge in [-0.25, -0.2) is 0 Å². The molecule has 6 heteroatoms. The number of carbonyl (C=O) groups is 1. The van der Waals surface area contributed by atoms with E-state index in [1.165, 1.54) is 11.3 Å². The van der Waals surface area contributed by atoms with Gasteiger partial charge in [0.2, 0.25) is 0 Å². The van der Waals surface area contributed by atoms with E-state index in [9.17, 15) is 4.79 Å². The molecule has 0 aromatic carbocycles. The Balaban J connectivity index is 1.94. The lowest BCUT2D eigenvalue weighted by atomic mass is 10.3. The summed E-state index contributed by atoms with van der Waals surface area (Å²) in [5.41, 5.74) is 2.10. The Morgan fingerprint density at radius 2 is 2.30 bits per heavy atom. The van der Waals surface area contributed by atoms with Crippen LogP contribution in [0.15, 0.2) is 23.8 Å². The molecule has 20 heavy (non-hydrogen) atoms. The molecule has 0 saturated heterocycles. The van der Waals surface area contributed by atoms with Crippen LogP contribution in [0.25, 0.3) is 0 Å². The number of hydrogen-bond donors (Lipinski definition) is 2. The summed E-state index contributed by atoms with van der Waals surface area (Å²) >= 11 is 1.37. The highest BCUT2D eigenvalue weighted by molar-refractivity contribution is 7.10. The zero-order valence-corrected chi connectivity index (χ0v) is 11.7. The molecule has 0 atom stereocenters. The Labute approximate surface area is 120 Å². The van der Waals surface area contributed by atoms with Gasteiger partial charge in [-0.2, -0.15) is 0 Å². The van der Waals surface area contributed by atoms with E-state index in [1.54, 1.807) is 23.8 Å². The van der Waals surface area contributed by atoms with Crippen LogP contribution in [0, 0.1) is 18.8 Å². The predicted octanol–water partition coefficient (Wildman–Crippen LogP) is 1.12. The van der Waals surface area contributed by atoms with Gasteiger partial charge in [0.25, 0.3) is 5.91 Å². The maximum absolute atomic E-state index is 11.9. The van der Waals surface area contributed by atoms with Crippen molar-refractivity contribution in [3.05, 3.63) is 45.7 Å². The highest BCUT2D eigenvalue weighted by atomic mass is 32.1. The lowest BCUT2D eigenvalue weighted by Gasteiger charge is -2.02. The summed E-state index contributed by atoms with van der Waals surface area (Å²) in [7, 11) is 0. The van der Waals surface area contributed by atoms with Gasteiger partial charge in [0.1, 0.15) is 6.61 Å². The van der Waals surface area contributed by atoms with Crippen LogP contribution in [0.1, 0.15) is 26.6 Å². The summed E-state index contributed by atoms with van der Waals surface area (Å²) in [6, 6.07) is 1.70. The standard InChI is InChI=1S/C14H13N3O2S/c1-10-6-16-12(7-15-10)8-17-14(19)11-5-13(20-9-11)3-2-4-18/h5-7,9,18H,4,8H2,1H3,(H,17,19). The van der Waals surface area contributed by atoms with Crippen molar-refractivity contribution in [2.75, 3.05) is 6.61 Å². The molecule has 2 aromatic rings. The van der Waals surface area contributed by atoms with Crippen LogP contribution < -0.4 is 5.32 Å². The van der Waals surface area contributed by atoms with Gasteiger partial charge < -0.3 is 10.4 Å². The van der Waals surface area contributed by atoms with Gasteiger partial charge in [0.05, 0.1) is 34.6 Å². The average Bonchev–Trinajstić information content (AvgIpc) is 2.93. The monoisotopic (exact) mass is 287 g/mol. The first kappa shape index (κ1) is 14.2. The SMILES string of the molecule is Cc1cnc(CNC(=O)c2csc(C#CCO)c2)cn1. The minimum atomic E-state index is -0.189. The molecule has 5 nitrogen and oxygen atoms in total. The van der Waals surface area contributed by atoms with Crippen molar-refractivity contribution in [1.82, 2.24) is 15.3 Å². The Morgan fingerprint density at radius 3 is 3.00 bits per heavy atom. The minimum Gasteiger partial charge on any atom is -0.384 e. The molecule has 0 unspecified atom stereocenters. The van der Waals surface area contributed by atoms with E-state index >= 15 is 0 Å². The number of hydrogen-bond acceptors (Lipinski definition) is 5. The molecular formula is C14H13N3O2S. The number of aromatic nitrogens is 2. The second-order valence-electron chi connectivity index (χ2n) is 3.99. The smallest absolute Gasteiger partial charge is 0.252 e. The zero-order valence-electron chi connectivity index (χ0n) is 10.9. The van der Waals surface area contributed by atoms with Crippen LogP contribution in [0.5, 0.6) is 0 Å². The maximum Gasteiger partial charge on any atom is 0.252 e. The number of nitrogens with one attached hydrogen (secondary N) is 1. The molecule has 0 aliphatic carbocycles. The van der Waals surface area contributed by atoms with Crippen LogP contribution in [0.4, 0.5) is 0 Å². The fourth-order valence-electron chi connectivity index (χ4n) is 1.43. The number of carbonyl (C=O) groups excluding carboxylic acids is 1. The van der Waals surface area contributed by atoms with Crippen molar-refractivity contribution in [3.63, 3.8) is 0 Å². The van der Waals surface area contributed by atoms with Crippen molar-refractivity contribution < 1.29 is 9.90 Å². The number of rotatable bonds is 3. The van der Waals surface area contributed by atoms with Crippen molar-refractivity contribution in [3.8, 4) is 11.8 Å². The summed E-state index contributed by atoms with van der Waals surface area (Å²) < 4.78 is 0. The van der Waals surface area contributed by atoms with Gasteiger partial charge in [0, 0.05) is 11.6 Å². The van der Waals surface area contributed by atoms with Crippen molar-refractivity contribution >= 4 is 17.2 Å². The Bertz CT molecular complexity index is 653. The first-order valence-electron chi connectivity index (χ1n) is 5.93. The number of aliphatic hydroxyl groups excluding tert-OH is 1. The lowest BCUT2D eigenvalue weighted by Crippen LogP contribution is -2.22. The summed E-state index contributed by atoms with van der Waals surface area (Å²) in [5.74, 6) is 5.13. The van der Waals surface area contributed by atoms with E-state index in [0.29, 0.717) is 17.8 Å². The third-order valence-electron chi connectivity index (χ3n) is 2.42. The van der Waals surface area contributed by atoms with E-state index < -0.39 is 0 Å². The fourth-order valence-corrected chi connectivity index (χ4v) is 2.19. The van der Waals surface area contributed by atoms with Crippen LogP contribution in [-0.2, 0) is 6.54 Å². The van der Waals surface area contributed by atoms with Gasteiger partial charge in [-0.05, 0) is 13.0 Å².